The zero-order chi connectivity index (χ0) is 15.5. The third kappa shape index (κ3) is 6.29. The predicted molar refractivity (Wildman–Crippen MR) is 80.4 cm³/mol. The molecule has 1 aliphatic carbocycles. The molecule has 0 aromatic carbocycles. The van der Waals surface area contributed by atoms with Crippen molar-refractivity contribution in [3.63, 3.8) is 0 Å². The summed E-state index contributed by atoms with van der Waals surface area (Å²) in [6.07, 6.45) is 10.7. The van der Waals surface area contributed by atoms with Crippen molar-refractivity contribution in [2.75, 3.05) is 19.8 Å². The Kier molecular flexibility index (Phi) is 7.94. The van der Waals surface area contributed by atoms with E-state index in [0.29, 0.717) is 6.54 Å². The average Bonchev–Trinajstić information content (AvgIpc) is 2.48. The minimum atomic E-state index is -0.664. The van der Waals surface area contributed by atoms with Crippen LogP contribution in [0.15, 0.2) is 35.6 Å². The molecule has 0 bridgehead atoms. The van der Waals surface area contributed by atoms with Crippen LogP contribution in [0, 0.1) is 0 Å². The Bertz CT molecular complexity index is 429. The van der Waals surface area contributed by atoms with Crippen molar-refractivity contribution in [3.05, 3.63) is 35.6 Å². The standard InChI is InChI=1S/C16H23NO4/c1-3-20-15(18)14(16(19)21-4-2)12-17-11-10-13-8-6-5-7-9-13/h5-6,9,12,17H,3-4,7-8,10-11H2,1-2H3. The van der Waals surface area contributed by atoms with Gasteiger partial charge in [-0.05, 0) is 33.1 Å². The molecule has 21 heavy (non-hydrogen) atoms. The van der Waals surface area contributed by atoms with Crippen LogP contribution in [0.1, 0.15) is 33.1 Å². The molecule has 0 spiro atoms. The molecule has 0 amide bonds. The number of rotatable bonds is 8. The largest absolute Gasteiger partial charge is 0.462 e. The second-order valence-electron chi connectivity index (χ2n) is 4.48. The van der Waals surface area contributed by atoms with Crippen molar-refractivity contribution >= 4 is 11.9 Å². The molecule has 0 saturated heterocycles. The summed E-state index contributed by atoms with van der Waals surface area (Å²) in [7, 11) is 0. The van der Waals surface area contributed by atoms with E-state index in [4.69, 9.17) is 9.47 Å². The Balaban J connectivity index is 2.50. The molecular weight excluding hydrogens is 270 g/mol. The van der Waals surface area contributed by atoms with E-state index in [0.717, 1.165) is 19.3 Å². The molecule has 1 rings (SSSR count). The number of esters is 2. The molecule has 5 heteroatoms. The van der Waals surface area contributed by atoms with Gasteiger partial charge in [-0.25, -0.2) is 9.59 Å². The van der Waals surface area contributed by atoms with Crippen LogP contribution < -0.4 is 5.32 Å². The minimum Gasteiger partial charge on any atom is -0.462 e. The summed E-state index contributed by atoms with van der Waals surface area (Å²) >= 11 is 0. The number of carbonyl (C=O) groups excluding carboxylic acids is 2. The fraction of sp³-hybridized carbons (Fsp3) is 0.500. The van der Waals surface area contributed by atoms with Crippen molar-refractivity contribution in [2.45, 2.75) is 33.1 Å². The Morgan fingerprint density at radius 3 is 2.38 bits per heavy atom. The fourth-order valence-corrected chi connectivity index (χ4v) is 1.88. The zero-order valence-corrected chi connectivity index (χ0v) is 12.7. The first kappa shape index (κ1) is 17.0. The summed E-state index contributed by atoms with van der Waals surface area (Å²) in [5.74, 6) is -1.33. The first-order valence-electron chi connectivity index (χ1n) is 7.29. The molecular formula is C16H23NO4. The quantitative estimate of drug-likeness (QED) is 0.186. The summed E-state index contributed by atoms with van der Waals surface area (Å²) in [5.41, 5.74) is 1.25. The molecule has 0 atom stereocenters. The van der Waals surface area contributed by atoms with Crippen LogP contribution in [0.25, 0.3) is 0 Å². The Morgan fingerprint density at radius 2 is 1.86 bits per heavy atom. The van der Waals surface area contributed by atoms with E-state index in [1.54, 1.807) is 13.8 Å². The van der Waals surface area contributed by atoms with Crippen molar-refractivity contribution in [1.29, 1.82) is 0 Å². The van der Waals surface area contributed by atoms with Gasteiger partial charge in [-0.3, -0.25) is 0 Å². The Morgan fingerprint density at radius 1 is 1.19 bits per heavy atom. The maximum atomic E-state index is 11.7. The molecule has 0 aromatic rings. The van der Waals surface area contributed by atoms with Crippen LogP contribution in [0.4, 0.5) is 0 Å². The van der Waals surface area contributed by atoms with Crippen molar-refractivity contribution in [3.8, 4) is 0 Å². The molecule has 0 radical (unpaired) electrons. The van der Waals surface area contributed by atoms with Crippen molar-refractivity contribution < 1.29 is 19.1 Å². The van der Waals surface area contributed by atoms with Crippen LogP contribution in [-0.4, -0.2) is 31.7 Å². The highest BCUT2D eigenvalue weighted by molar-refractivity contribution is 6.13. The third-order valence-corrected chi connectivity index (χ3v) is 2.92. The molecule has 1 aliphatic rings. The second kappa shape index (κ2) is 9.80. The van der Waals surface area contributed by atoms with Gasteiger partial charge in [-0.15, -0.1) is 0 Å². The number of ether oxygens (including phenoxy) is 2. The predicted octanol–water partition coefficient (Wildman–Crippen LogP) is 2.25. The van der Waals surface area contributed by atoms with Gasteiger partial charge in [0.25, 0.3) is 0 Å². The normalized spacial score (nSPS) is 13.1. The highest BCUT2D eigenvalue weighted by Crippen LogP contribution is 2.13. The lowest BCUT2D eigenvalue weighted by molar-refractivity contribution is -0.146. The van der Waals surface area contributed by atoms with E-state index in [9.17, 15) is 9.59 Å². The average molecular weight is 293 g/mol. The molecule has 0 unspecified atom stereocenters. The molecule has 1 N–H and O–H groups in total. The molecule has 0 aromatic heterocycles. The molecule has 0 saturated carbocycles. The fourth-order valence-electron chi connectivity index (χ4n) is 1.88. The first-order valence-corrected chi connectivity index (χ1v) is 7.29. The summed E-state index contributed by atoms with van der Waals surface area (Å²) in [6, 6.07) is 0. The summed E-state index contributed by atoms with van der Waals surface area (Å²) in [5, 5.41) is 2.98. The second-order valence-corrected chi connectivity index (χ2v) is 4.48. The lowest BCUT2D eigenvalue weighted by Crippen LogP contribution is -2.21. The molecule has 0 fully saturated rings. The van der Waals surface area contributed by atoms with E-state index in [-0.39, 0.29) is 18.8 Å². The monoisotopic (exact) mass is 293 g/mol. The van der Waals surface area contributed by atoms with Crippen LogP contribution in [0.3, 0.4) is 0 Å². The van der Waals surface area contributed by atoms with Crippen molar-refractivity contribution in [2.24, 2.45) is 0 Å². The van der Waals surface area contributed by atoms with Crippen LogP contribution in [-0.2, 0) is 19.1 Å². The van der Waals surface area contributed by atoms with E-state index < -0.39 is 11.9 Å². The topological polar surface area (TPSA) is 64.6 Å². The Hall–Kier alpha value is -2.04. The highest BCUT2D eigenvalue weighted by Gasteiger charge is 2.20. The van der Waals surface area contributed by atoms with E-state index >= 15 is 0 Å². The summed E-state index contributed by atoms with van der Waals surface area (Å²) in [6.45, 7) is 4.47. The molecule has 116 valence electrons. The number of allylic oxidation sites excluding steroid dienone is 3. The van der Waals surface area contributed by atoms with Gasteiger partial charge in [-0.2, -0.15) is 0 Å². The number of nitrogens with one attached hydrogen (secondary N) is 1. The molecule has 0 aliphatic heterocycles. The number of hydrogen-bond acceptors (Lipinski definition) is 5. The van der Waals surface area contributed by atoms with Crippen molar-refractivity contribution in [1.82, 2.24) is 5.32 Å². The van der Waals surface area contributed by atoms with Gasteiger partial charge < -0.3 is 14.8 Å². The minimum absolute atomic E-state index is 0.101. The van der Waals surface area contributed by atoms with Gasteiger partial charge in [0.05, 0.1) is 13.2 Å². The van der Waals surface area contributed by atoms with Crippen LogP contribution in [0.5, 0.6) is 0 Å². The SMILES string of the molecule is CCOC(=O)C(=CNCCC1=CCC=CC1)C(=O)OCC. The zero-order valence-electron chi connectivity index (χ0n) is 12.7. The van der Waals surface area contributed by atoms with E-state index in [2.05, 4.69) is 23.5 Å². The number of carbonyl (C=O) groups is 2. The lowest BCUT2D eigenvalue weighted by atomic mass is 10.0. The van der Waals surface area contributed by atoms with Gasteiger partial charge in [-0.1, -0.05) is 23.8 Å². The lowest BCUT2D eigenvalue weighted by Gasteiger charge is -2.10. The van der Waals surface area contributed by atoms with Gasteiger partial charge in [0, 0.05) is 12.7 Å². The first-order chi connectivity index (χ1) is 10.2. The van der Waals surface area contributed by atoms with E-state index in [1.807, 2.05) is 0 Å². The molecule has 5 nitrogen and oxygen atoms in total. The van der Waals surface area contributed by atoms with Crippen LogP contribution in [0.2, 0.25) is 0 Å². The highest BCUT2D eigenvalue weighted by atomic mass is 16.6. The summed E-state index contributed by atoms with van der Waals surface area (Å²) < 4.78 is 9.70. The molecule has 0 heterocycles. The maximum Gasteiger partial charge on any atom is 0.347 e. The Labute approximate surface area is 125 Å². The van der Waals surface area contributed by atoms with Crippen LogP contribution >= 0.6 is 0 Å². The number of hydrogen-bond donors (Lipinski definition) is 1. The maximum absolute atomic E-state index is 11.7. The smallest absolute Gasteiger partial charge is 0.347 e. The van der Waals surface area contributed by atoms with E-state index in [1.165, 1.54) is 11.8 Å². The third-order valence-electron chi connectivity index (χ3n) is 2.92. The van der Waals surface area contributed by atoms with Gasteiger partial charge in [0.2, 0.25) is 0 Å². The van der Waals surface area contributed by atoms with Gasteiger partial charge >= 0.3 is 11.9 Å². The van der Waals surface area contributed by atoms with Gasteiger partial charge in [0.15, 0.2) is 5.57 Å². The summed E-state index contributed by atoms with van der Waals surface area (Å²) in [4.78, 5) is 23.4. The van der Waals surface area contributed by atoms with Gasteiger partial charge in [0.1, 0.15) is 0 Å².